The van der Waals surface area contributed by atoms with Gasteiger partial charge in [-0.1, -0.05) is 18.2 Å². The van der Waals surface area contributed by atoms with E-state index in [1.165, 1.54) is 12.1 Å². The summed E-state index contributed by atoms with van der Waals surface area (Å²) in [6, 6.07) is 5.00. The first-order valence-electron chi connectivity index (χ1n) is 7.51. The summed E-state index contributed by atoms with van der Waals surface area (Å²) in [6.45, 7) is 1.48. The third kappa shape index (κ3) is 4.47. The van der Waals surface area contributed by atoms with Crippen molar-refractivity contribution < 1.29 is 23.1 Å². The lowest BCUT2D eigenvalue weighted by atomic mass is 10.0. The molecule has 0 spiro atoms. The molecule has 122 valence electrons. The monoisotopic (exact) mass is 315 g/mol. The lowest BCUT2D eigenvalue weighted by molar-refractivity contribution is -0.142. The largest absolute Gasteiger partial charge is 0.480 e. The van der Waals surface area contributed by atoms with Crippen molar-refractivity contribution in [3.8, 4) is 0 Å². The molecule has 22 heavy (non-hydrogen) atoms. The van der Waals surface area contributed by atoms with Crippen LogP contribution in [-0.2, 0) is 17.4 Å². The smallest absolute Gasteiger partial charge is 0.416 e. The Kier molecular flexibility index (Phi) is 5.45. The summed E-state index contributed by atoms with van der Waals surface area (Å²) in [5.41, 5.74) is 0.0570. The van der Waals surface area contributed by atoms with Crippen LogP contribution in [0.1, 0.15) is 36.8 Å². The van der Waals surface area contributed by atoms with Crippen LogP contribution in [-0.4, -0.2) is 35.1 Å². The molecular weight excluding hydrogens is 295 g/mol. The standard InChI is InChI=1S/C16H20F3NO2/c17-16(18,19)13-7-3-6-12(11-13)5-1-2-9-20-10-4-8-14(20)15(21)22/h3,6-7,11,14H,1-2,4-5,8-10H2,(H,21,22)/t14-/m0/s1. The van der Waals surface area contributed by atoms with Crippen molar-refractivity contribution in [2.45, 2.75) is 44.3 Å². The van der Waals surface area contributed by atoms with Crippen LogP contribution < -0.4 is 0 Å². The van der Waals surface area contributed by atoms with E-state index in [1.54, 1.807) is 6.07 Å². The number of benzene rings is 1. The van der Waals surface area contributed by atoms with E-state index >= 15 is 0 Å². The zero-order valence-corrected chi connectivity index (χ0v) is 12.3. The highest BCUT2D eigenvalue weighted by atomic mass is 19.4. The second-order valence-electron chi connectivity index (χ2n) is 5.69. The maximum atomic E-state index is 12.6. The molecule has 0 bridgehead atoms. The molecule has 0 saturated carbocycles. The molecule has 0 radical (unpaired) electrons. The molecule has 0 amide bonds. The van der Waals surface area contributed by atoms with Crippen LogP contribution in [0, 0.1) is 0 Å². The normalized spacial score (nSPS) is 19.5. The fourth-order valence-electron chi connectivity index (χ4n) is 2.92. The third-order valence-electron chi connectivity index (χ3n) is 4.06. The van der Waals surface area contributed by atoms with Crippen molar-refractivity contribution in [1.82, 2.24) is 4.90 Å². The molecule has 1 fully saturated rings. The number of aliphatic carboxylic acids is 1. The van der Waals surface area contributed by atoms with E-state index in [9.17, 15) is 18.0 Å². The minimum absolute atomic E-state index is 0.395. The Hall–Kier alpha value is -1.56. The number of hydrogen-bond acceptors (Lipinski definition) is 2. The van der Waals surface area contributed by atoms with Crippen LogP contribution >= 0.6 is 0 Å². The van der Waals surface area contributed by atoms with Crippen LogP contribution in [0.4, 0.5) is 13.2 Å². The van der Waals surface area contributed by atoms with Crippen molar-refractivity contribution in [3.05, 3.63) is 35.4 Å². The van der Waals surface area contributed by atoms with Crippen LogP contribution in [0.2, 0.25) is 0 Å². The lowest BCUT2D eigenvalue weighted by Gasteiger charge is -2.20. The maximum Gasteiger partial charge on any atom is 0.416 e. The number of halogens is 3. The summed E-state index contributed by atoms with van der Waals surface area (Å²) in [5.74, 6) is -0.782. The van der Waals surface area contributed by atoms with Gasteiger partial charge in [0.2, 0.25) is 0 Å². The Bertz CT molecular complexity index is 516. The average Bonchev–Trinajstić information content (AvgIpc) is 2.91. The van der Waals surface area contributed by atoms with Gasteiger partial charge in [-0.2, -0.15) is 13.2 Å². The number of alkyl halides is 3. The summed E-state index contributed by atoms with van der Waals surface area (Å²) < 4.78 is 37.9. The molecule has 6 heteroatoms. The van der Waals surface area contributed by atoms with Crippen molar-refractivity contribution in [2.75, 3.05) is 13.1 Å². The molecule has 0 aromatic heterocycles. The highest BCUT2D eigenvalue weighted by molar-refractivity contribution is 5.73. The first-order chi connectivity index (χ1) is 10.4. The highest BCUT2D eigenvalue weighted by Crippen LogP contribution is 2.29. The van der Waals surface area contributed by atoms with E-state index in [0.29, 0.717) is 24.9 Å². The van der Waals surface area contributed by atoms with E-state index in [4.69, 9.17) is 5.11 Å². The molecule has 1 saturated heterocycles. The van der Waals surface area contributed by atoms with Crippen molar-refractivity contribution >= 4 is 5.97 Å². The van der Waals surface area contributed by atoms with E-state index in [-0.39, 0.29) is 0 Å². The fraction of sp³-hybridized carbons (Fsp3) is 0.562. The number of rotatable bonds is 6. The van der Waals surface area contributed by atoms with E-state index < -0.39 is 23.8 Å². The minimum atomic E-state index is -4.31. The Morgan fingerprint density at radius 3 is 2.77 bits per heavy atom. The molecule has 1 aromatic carbocycles. The zero-order chi connectivity index (χ0) is 16.2. The van der Waals surface area contributed by atoms with Gasteiger partial charge < -0.3 is 5.11 Å². The number of carbonyl (C=O) groups is 1. The molecule has 3 nitrogen and oxygen atoms in total. The van der Waals surface area contributed by atoms with Crippen LogP contribution in [0.5, 0.6) is 0 Å². The number of unbranched alkanes of at least 4 members (excludes halogenated alkanes) is 1. The predicted octanol–water partition coefficient (Wildman–Crippen LogP) is 3.58. The van der Waals surface area contributed by atoms with Crippen LogP contribution in [0.3, 0.4) is 0 Å². The van der Waals surface area contributed by atoms with Gasteiger partial charge >= 0.3 is 12.1 Å². The molecule has 0 unspecified atom stereocenters. The lowest BCUT2D eigenvalue weighted by Crippen LogP contribution is -2.36. The van der Waals surface area contributed by atoms with Gasteiger partial charge in [0, 0.05) is 0 Å². The number of aryl methyl sites for hydroxylation is 1. The highest BCUT2D eigenvalue weighted by Gasteiger charge is 2.31. The van der Waals surface area contributed by atoms with Crippen LogP contribution in [0.25, 0.3) is 0 Å². The SMILES string of the molecule is O=C(O)[C@@H]1CCCN1CCCCc1cccc(C(F)(F)F)c1. The summed E-state index contributed by atoms with van der Waals surface area (Å²) in [5, 5.41) is 9.08. The molecule has 1 aliphatic rings. The Morgan fingerprint density at radius 1 is 1.32 bits per heavy atom. The number of carboxylic acids is 1. The van der Waals surface area contributed by atoms with Gasteiger partial charge in [0.1, 0.15) is 6.04 Å². The number of nitrogens with zero attached hydrogens (tertiary/aromatic N) is 1. The van der Waals surface area contributed by atoms with Gasteiger partial charge in [0.25, 0.3) is 0 Å². The average molecular weight is 315 g/mol. The molecule has 1 aliphatic heterocycles. The summed E-state index contributed by atoms with van der Waals surface area (Å²) in [7, 11) is 0. The number of likely N-dealkylation sites (tertiary alicyclic amines) is 1. The molecule has 1 N–H and O–H groups in total. The Morgan fingerprint density at radius 2 is 2.09 bits per heavy atom. The van der Waals surface area contributed by atoms with Crippen molar-refractivity contribution in [1.29, 1.82) is 0 Å². The quantitative estimate of drug-likeness (QED) is 0.816. The molecule has 1 heterocycles. The molecule has 1 atom stereocenters. The van der Waals surface area contributed by atoms with E-state index in [0.717, 1.165) is 31.9 Å². The van der Waals surface area contributed by atoms with Crippen LogP contribution in [0.15, 0.2) is 24.3 Å². The van der Waals surface area contributed by atoms with E-state index in [1.807, 2.05) is 4.90 Å². The van der Waals surface area contributed by atoms with Gasteiger partial charge in [-0.25, -0.2) is 0 Å². The molecule has 0 aliphatic carbocycles. The van der Waals surface area contributed by atoms with Gasteiger partial charge in [-0.3, -0.25) is 9.69 Å². The number of carboxylic acid groups (broad SMARTS) is 1. The third-order valence-corrected chi connectivity index (χ3v) is 4.06. The van der Waals surface area contributed by atoms with Gasteiger partial charge in [0.05, 0.1) is 5.56 Å². The van der Waals surface area contributed by atoms with Gasteiger partial charge in [-0.15, -0.1) is 0 Å². The van der Waals surface area contributed by atoms with Crippen molar-refractivity contribution in [3.63, 3.8) is 0 Å². The second kappa shape index (κ2) is 7.13. The molecular formula is C16H20F3NO2. The fourth-order valence-corrected chi connectivity index (χ4v) is 2.92. The summed E-state index contributed by atoms with van der Waals surface area (Å²) >= 11 is 0. The minimum Gasteiger partial charge on any atom is -0.480 e. The zero-order valence-electron chi connectivity index (χ0n) is 12.3. The Balaban J connectivity index is 1.78. The predicted molar refractivity (Wildman–Crippen MR) is 76.6 cm³/mol. The molecule has 2 rings (SSSR count). The topological polar surface area (TPSA) is 40.5 Å². The van der Waals surface area contributed by atoms with E-state index in [2.05, 4.69) is 0 Å². The van der Waals surface area contributed by atoms with Gasteiger partial charge in [-0.05, 0) is 56.8 Å². The molecule has 1 aromatic rings. The first-order valence-corrected chi connectivity index (χ1v) is 7.51. The maximum absolute atomic E-state index is 12.6. The summed E-state index contributed by atoms with van der Waals surface area (Å²) in [6.07, 6.45) is -0.604. The Labute approximate surface area is 127 Å². The second-order valence-corrected chi connectivity index (χ2v) is 5.69. The first kappa shape index (κ1) is 16.8. The number of hydrogen-bond donors (Lipinski definition) is 1. The van der Waals surface area contributed by atoms with Gasteiger partial charge in [0.15, 0.2) is 0 Å². The van der Waals surface area contributed by atoms with Crippen molar-refractivity contribution in [2.24, 2.45) is 0 Å². The summed E-state index contributed by atoms with van der Waals surface area (Å²) in [4.78, 5) is 13.0.